The van der Waals surface area contributed by atoms with E-state index >= 15 is 0 Å². The molecular formula is C15H30N2. The largest absolute Gasteiger partial charge is 0.330 e. The lowest BCUT2D eigenvalue weighted by molar-refractivity contribution is 0.146. The Kier molecular flexibility index (Phi) is 4.87. The lowest BCUT2D eigenvalue weighted by atomic mass is 9.82. The predicted octanol–water partition coefficient (Wildman–Crippen LogP) is 2.87. The van der Waals surface area contributed by atoms with Gasteiger partial charge in [0.1, 0.15) is 0 Å². The van der Waals surface area contributed by atoms with Crippen LogP contribution < -0.4 is 5.73 Å². The van der Waals surface area contributed by atoms with Crippen molar-refractivity contribution < 1.29 is 0 Å². The molecule has 2 fully saturated rings. The van der Waals surface area contributed by atoms with Gasteiger partial charge in [0.05, 0.1) is 0 Å². The van der Waals surface area contributed by atoms with Gasteiger partial charge in [-0.3, -0.25) is 0 Å². The molecule has 2 rings (SSSR count). The highest BCUT2D eigenvalue weighted by Gasteiger charge is 2.30. The molecule has 0 heterocycles. The Morgan fingerprint density at radius 2 is 1.76 bits per heavy atom. The fraction of sp³-hybridized carbons (Fsp3) is 1.00. The normalized spacial score (nSPS) is 38.8. The topological polar surface area (TPSA) is 29.3 Å². The van der Waals surface area contributed by atoms with Crippen LogP contribution in [-0.2, 0) is 0 Å². The Hall–Kier alpha value is -0.0800. The molecule has 2 aliphatic carbocycles. The average molecular weight is 238 g/mol. The summed E-state index contributed by atoms with van der Waals surface area (Å²) in [5.41, 5.74) is 5.89. The summed E-state index contributed by atoms with van der Waals surface area (Å²) < 4.78 is 0. The zero-order valence-electron chi connectivity index (χ0n) is 11.7. The van der Waals surface area contributed by atoms with E-state index < -0.39 is 0 Å². The van der Waals surface area contributed by atoms with E-state index in [2.05, 4.69) is 18.9 Å². The van der Waals surface area contributed by atoms with Crippen LogP contribution in [-0.4, -0.2) is 31.1 Å². The van der Waals surface area contributed by atoms with E-state index in [-0.39, 0.29) is 0 Å². The summed E-state index contributed by atoms with van der Waals surface area (Å²) in [5.74, 6) is 2.69. The molecule has 0 radical (unpaired) electrons. The molecule has 0 aromatic rings. The summed E-state index contributed by atoms with van der Waals surface area (Å²) in [6.45, 7) is 4.60. The van der Waals surface area contributed by atoms with E-state index in [9.17, 15) is 0 Å². The van der Waals surface area contributed by atoms with E-state index in [1.54, 1.807) is 0 Å². The van der Waals surface area contributed by atoms with E-state index in [1.807, 2.05) is 0 Å². The minimum atomic E-state index is 0.766. The quantitative estimate of drug-likeness (QED) is 0.816. The van der Waals surface area contributed by atoms with Gasteiger partial charge in [-0.1, -0.05) is 26.2 Å². The maximum atomic E-state index is 5.89. The third-order valence-corrected chi connectivity index (χ3v) is 5.17. The minimum absolute atomic E-state index is 0.766. The van der Waals surface area contributed by atoms with Gasteiger partial charge in [0, 0.05) is 12.6 Å². The Bertz CT molecular complexity index is 221. The summed E-state index contributed by atoms with van der Waals surface area (Å²) in [4.78, 5) is 2.63. The van der Waals surface area contributed by atoms with Gasteiger partial charge in [-0.2, -0.15) is 0 Å². The fourth-order valence-electron chi connectivity index (χ4n) is 3.93. The highest BCUT2D eigenvalue weighted by atomic mass is 15.1. The molecular weight excluding hydrogens is 208 g/mol. The predicted molar refractivity (Wildman–Crippen MR) is 73.9 cm³/mol. The van der Waals surface area contributed by atoms with Gasteiger partial charge in [0.25, 0.3) is 0 Å². The Labute approximate surface area is 107 Å². The first-order valence-corrected chi connectivity index (χ1v) is 7.61. The molecule has 0 spiro atoms. The van der Waals surface area contributed by atoms with Crippen LogP contribution in [0.25, 0.3) is 0 Å². The Morgan fingerprint density at radius 1 is 1.06 bits per heavy atom. The second-order valence-corrected chi connectivity index (χ2v) is 6.56. The second kappa shape index (κ2) is 6.19. The zero-order valence-corrected chi connectivity index (χ0v) is 11.7. The Morgan fingerprint density at radius 3 is 2.41 bits per heavy atom. The van der Waals surface area contributed by atoms with Crippen molar-refractivity contribution >= 4 is 0 Å². The maximum Gasteiger partial charge on any atom is 0.0133 e. The van der Waals surface area contributed by atoms with Crippen molar-refractivity contribution in [1.82, 2.24) is 4.90 Å². The summed E-state index contributed by atoms with van der Waals surface area (Å²) in [6, 6.07) is 0.777. The number of nitrogens with two attached hydrogens (primary N) is 1. The van der Waals surface area contributed by atoms with E-state index in [0.29, 0.717) is 0 Å². The first-order valence-electron chi connectivity index (χ1n) is 7.61. The number of hydrogen-bond donors (Lipinski definition) is 1. The van der Waals surface area contributed by atoms with Crippen LogP contribution in [0.2, 0.25) is 0 Å². The van der Waals surface area contributed by atoms with Crippen LogP contribution in [0.15, 0.2) is 0 Å². The van der Waals surface area contributed by atoms with Crippen LogP contribution in [0.5, 0.6) is 0 Å². The van der Waals surface area contributed by atoms with Crippen LogP contribution in [0.1, 0.15) is 51.9 Å². The maximum absolute atomic E-state index is 5.89. The molecule has 0 saturated heterocycles. The third kappa shape index (κ3) is 3.45. The number of hydrogen-bond acceptors (Lipinski definition) is 2. The highest BCUT2D eigenvalue weighted by molar-refractivity contribution is 4.86. The molecule has 2 N–H and O–H groups in total. The molecule has 17 heavy (non-hydrogen) atoms. The standard InChI is InChI=1S/C15H30N2/c1-12-6-8-13(9-7-12)11-17(2)15-5-3-4-14(15)10-16/h12-15H,3-11,16H2,1-2H3. The van der Waals surface area contributed by atoms with Gasteiger partial charge in [-0.25, -0.2) is 0 Å². The molecule has 0 amide bonds. The van der Waals surface area contributed by atoms with Crippen molar-refractivity contribution in [2.24, 2.45) is 23.5 Å². The monoisotopic (exact) mass is 238 g/mol. The second-order valence-electron chi connectivity index (χ2n) is 6.56. The van der Waals surface area contributed by atoms with Crippen molar-refractivity contribution in [3.05, 3.63) is 0 Å². The van der Waals surface area contributed by atoms with Crippen molar-refractivity contribution in [3.63, 3.8) is 0 Å². The molecule has 0 bridgehead atoms. The molecule has 2 aliphatic rings. The molecule has 0 aromatic carbocycles. The van der Waals surface area contributed by atoms with E-state index in [1.165, 1.54) is 51.5 Å². The molecule has 2 unspecified atom stereocenters. The van der Waals surface area contributed by atoms with Gasteiger partial charge >= 0.3 is 0 Å². The van der Waals surface area contributed by atoms with E-state index in [4.69, 9.17) is 5.73 Å². The molecule has 2 heteroatoms. The van der Waals surface area contributed by atoms with Crippen LogP contribution in [0, 0.1) is 17.8 Å². The van der Waals surface area contributed by atoms with Gasteiger partial charge in [-0.05, 0) is 57.0 Å². The van der Waals surface area contributed by atoms with Gasteiger partial charge in [-0.15, -0.1) is 0 Å². The van der Waals surface area contributed by atoms with Crippen molar-refractivity contribution in [3.8, 4) is 0 Å². The van der Waals surface area contributed by atoms with Gasteiger partial charge in [0.2, 0.25) is 0 Å². The summed E-state index contributed by atoms with van der Waals surface area (Å²) >= 11 is 0. The minimum Gasteiger partial charge on any atom is -0.330 e. The van der Waals surface area contributed by atoms with Crippen molar-refractivity contribution in [2.75, 3.05) is 20.1 Å². The van der Waals surface area contributed by atoms with E-state index in [0.717, 1.165) is 30.3 Å². The number of rotatable bonds is 4. The third-order valence-electron chi connectivity index (χ3n) is 5.17. The fourth-order valence-corrected chi connectivity index (χ4v) is 3.93. The first-order chi connectivity index (χ1) is 8.20. The molecule has 2 atom stereocenters. The van der Waals surface area contributed by atoms with Gasteiger partial charge < -0.3 is 10.6 Å². The molecule has 2 saturated carbocycles. The average Bonchev–Trinajstić information content (AvgIpc) is 2.80. The van der Waals surface area contributed by atoms with Gasteiger partial charge in [0.15, 0.2) is 0 Å². The summed E-state index contributed by atoms with van der Waals surface area (Å²) in [7, 11) is 2.33. The van der Waals surface area contributed by atoms with Crippen molar-refractivity contribution in [1.29, 1.82) is 0 Å². The lowest BCUT2D eigenvalue weighted by Crippen LogP contribution is -2.40. The lowest BCUT2D eigenvalue weighted by Gasteiger charge is -2.34. The molecule has 100 valence electrons. The SMILES string of the molecule is CC1CCC(CN(C)C2CCCC2CN)CC1. The summed E-state index contributed by atoms with van der Waals surface area (Å²) in [6.07, 6.45) is 9.91. The van der Waals surface area contributed by atoms with Crippen LogP contribution >= 0.6 is 0 Å². The zero-order chi connectivity index (χ0) is 12.3. The molecule has 0 aromatic heterocycles. The van der Waals surface area contributed by atoms with Crippen LogP contribution in [0.3, 0.4) is 0 Å². The molecule has 2 nitrogen and oxygen atoms in total. The molecule has 0 aliphatic heterocycles. The first kappa shape index (κ1) is 13.4. The summed E-state index contributed by atoms with van der Waals surface area (Å²) in [5, 5.41) is 0. The smallest absolute Gasteiger partial charge is 0.0133 e. The highest BCUT2D eigenvalue weighted by Crippen LogP contribution is 2.32. The number of nitrogens with zero attached hydrogens (tertiary/aromatic N) is 1. The Balaban J connectivity index is 1.78. The van der Waals surface area contributed by atoms with Crippen LogP contribution in [0.4, 0.5) is 0 Å². The van der Waals surface area contributed by atoms with Crippen molar-refractivity contribution in [2.45, 2.75) is 57.9 Å².